The zero-order valence-corrected chi connectivity index (χ0v) is 18.8. The number of halogens is 1. The van der Waals surface area contributed by atoms with Gasteiger partial charge in [-0.3, -0.25) is 9.59 Å². The molecule has 0 unspecified atom stereocenters. The number of rotatable bonds is 7. The molecular weight excluding hydrogens is 448 g/mol. The van der Waals surface area contributed by atoms with Gasteiger partial charge in [0.25, 0.3) is 0 Å². The Bertz CT molecular complexity index is 1000. The zero-order chi connectivity index (χ0) is 21.0. The van der Waals surface area contributed by atoms with Crippen molar-refractivity contribution in [2.24, 2.45) is 0 Å². The van der Waals surface area contributed by atoms with Crippen LogP contribution in [0.2, 0.25) is 0 Å². The molecule has 0 fully saturated rings. The maximum Gasteiger partial charge on any atom is 0.193 e. The lowest BCUT2D eigenvalue weighted by Crippen LogP contribution is -2.23. The molecule has 0 aromatic heterocycles. The Hall–Kier alpha value is -2.37. The summed E-state index contributed by atoms with van der Waals surface area (Å²) in [6.07, 6.45) is 0. The van der Waals surface area contributed by atoms with Crippen LogP contribution in [0.15, 0.2) is 82.6 Å². The van der Waals surface area contributed by atoms with Crippen LogP contribution < -0.4 is 4.74 Å². The van der Waals surface area contributed by atoms with Crippen LogP contribution in [0.3, 0.4) is 0 Å². The van der Waals surface area contributed by atoms with E-state index in [1.54, 1.807) is 43.1 Å². The summed E-state index contributed by atoms with van der Waals surface area (Å²) in [4.78, 5) is 27.0. The number of ketones is 2. The number of hydrogen-bond acceptors (Lipinski definition) is 4. The molecule has 0 N–H and O–H groups in total. The summed E-state index contributed by atoms with van der Waals surface area (Å²) in [5, 5.41) is 0. The van der Waals surface area contributed by atoms with Crippen molar-refractivity contribution in [3.63, 3.8) is 0 Å². The van der Waals surface area contributed by atoms with E-state index in [1.807, 2.05) is 62.4 Å². The largest absolute Gasteiger partial charge is 0.497 e. The molecule has 3 aromatic carbocycles. The maximum atomic E-state index is 12.6. The van der Waals surface area contributed by atoms with Gasteiger partial charge in [0, 0.05) is 26.5 Å². The summed E-state index contributed by atoms with van der Waals surface area (Å²) in [5.74, 6) is 0.751. The lowest BCUT2D eigenvalue weighted by Gasteiger charge is -2.14. The number of carbonyl (C=O) groups is 2. The number of ether oxygens (including phenoxy) is 1. The number of alkyl halides is 1. The Kier molecular flexibility index (Phi) is 6.60. The first-order valence-electron chi connectivity index (χ1n) is 9.08. The minimum absolute atomic E-state index is 0.0237. The minimum atomic E-state index is -0.575. The van der Waals surface area contributed by atoms with Crippen molar-refractivity contribution in [2.75, 3.05) is 7.11 Å². The Morgan fingerprint density at radius 1 is 0.759 bits per heavy atom. The molecule has 3 rings (SSSR count). The highest BCUT2D eigenvalue weighted by Gasteiger charge is 2.24. The van der Waals surface area contributed by atoms with Crippen LogP contribution in [0, 0.1) is 0 Å². The van der Waals surface area contributed by atoms with E-state index in [-0.39, 0.29) is 11.6 Å². The van der Waals surface area contributed by atoms with Crippen LogP contribution in [0.1, 0.15) is 40.1 Å². The van der Waals surface area contributed by atoms with E-state index < -0.39 is 4.32 Å². The molecule has 0 aliphatic carbocycles. The number of hydrogen-bond donors (Lipinski definition) is 0. The lowest BCUT2D eigenvalue weighted by molar-refractivity contribution is 0.0960. The number of methoxy groups -OCH3 is 1. The van der Waals surface area contributed by atoms with Gasteiger partial charge < -0.3 is 4.74 Å². The van der Waals surface area contributed by atoms with E-state index in [2.05, 4.69) is 15.9 Å². The fourth-order valence-electron chi connectivity index (χ4n) is 2.74. The first-order valence-corrected chi connectivity index (χ1v) is 10.7. The molecule has 148 valence electrons. The van der Waals surface area contributed by atoms with Gasteiger partial charge in [-0.2, -0.15) is 0 Å². The lowest BCUT2D eigenvalue weighted by atomic mass is 10.0. The van der Waals surface area contributed by atoms with Crippen LogP contribution in [0.5, 0.6) is 5.75 Å². The molecular formula is C24H21BrO3S. The van der Waals surface area contributed by atoms with Crippen LogP contribution in [-0.2, 0) is 0 Å². The standard InChI is InChI=1S/C24H21BrO3S/c1-24(2,25)23(27)18-8-14-21(15-9-18)29-20-12-6-17(7-13-20)22(26)16-4-10-19(28-3)11-5-16/h4-15H,1-3H3. The van der Waals surface area contributed by atoms with Crippen molar-refractivity contribution in [3.8, 4) is 5.75 Å². The molecule has 3 nitrogen and oxygen atoms in total. The number of Topliss-reactive ketones (excluding diaryl/α,β-unsaturated/α-hetero) is 1. The molecule has 0 aliphatic heterocycles. The average molecular weight is 469 g/mol. The van der Waals surface area contributed by atoms with E-state index >= 15 is 0 Å². The van der Waals surface area contributed by atoms with Gasteiger partial charge in [0.05, 0.1) is 11.4 Å². The van der Waals surface area contributed by atoms with Crippen molar-refractivity contribution < 1.29 is 14.3 Å². The third-order valence-electron chi connectivity index (χ3n) is 4.36. The van der Waals surface area contributed by atoms with Gasteiger partial charge in [-0.1, -0.05) is 39.8 Å². The predicted octanol–water partition coefficient (Wildman–Crippen LogP) is 6.43. The summed E-state index contributed by atoms with van der Waals surface area (Å²) < 4.78 is 4.55. The van der Waals surface area contributed by atoms with E-state index in [4.69, 9.17) is 4.74 Å². The molecule has 0 aliphatic rings. The Labute approximate surface area is 183 Å². The second kappa shape index (κ2) is 8.97. The number of benzene rings is 3. The fraction of sp³-hybridized carbons (Fsp3) is 0.167. The quantitative estimate of drug-likeness (QED) is 0.295. The van der Waals surface area contributed by atoms with Gasteiger partial charge in [-0.05, 0) is 74.5 Å². The molecule has 0 heterocycles. The molecule has 0 saturated carbocycles. The highest BCUT2D eigenvalue weighted by Crippen LogP contribution is 2.30. The first-order chi connectivity index (χ1) is 13.8. The van der Waals surface area contributed by atoms with Gasteiger partial charge in [0.2, 0.25) is 0 Å². The molecule has 0 radical (unpaired) electrons. The SMILES string of the molecule is COc1ccc(C(=O)c2ccc(Sc3ccc(C(=O)C(C)(C)Br)cc3)cc2)cc1. The smallest absolute Gasteiger partial charge is 0.193 e. The second-order valence-corrected chi connectivity index (χ2v) is 10.1. The van der Waals surface area contributed by atoms with Gasteiger partial charge in [0.1, 0.15) is 5.75 Å². The van der Waals surface area contributed by atoms with Crippen LogP contribution >= 0.6 is 27.7 Å². The van der Waals surface area contributed by atoms with Crippen LogP contribution in [-0.4, -0.2) is 23.0 Å². The molecule has 0 saturated heterocycles. The van der Waals surface area contributed by atoms with Gasteiger partial charge in [-0.25, -0.2) is 0 Å². The fourth-order valence-corrected chi connectivity index (χ4v) is 3.78. The van der Waals surface area contributed by atoms with Crippen LogP contribution in [0.25, 0.3) is 0 Å². The molecule has 0 atom stereocenters. The summed E-state index contributed by atoms with van der Waals surface area (Å²) in [5.41, 5.74) is 1.94. The van der Waals surface area contributed by atoms with Gasteiger partial charge in [0.15, 0.2) is 11.6 Å². The minimum Gasteiger partial charge on any atom is -0.497 e. The molecule has 29 heavy (non-hydrogen) atoms. The average Bonchev–Trinajstić information content (AvgIpc) is 2.73. The summed E-state index contributed by atoms with van der Waals surface area (Å²) in [7, 11) is 1.60. The molecule has 0 amide bonds. The third kappa shape index (κ3) is 5.37. The van der Waals surface area contributed by atoms with Crippen molar-refractivity contribution in [3.05, 3.63) is 89.5 Å². The molecule has 0 spiro atoms. The van der Waals surface area contributed by atoms with Crippen molar-refractivity contribution in [1.29, 1.82) is 0 Å². The summed E-state index contributed by atoms with van der Waals surface area (Å²) in [6, 6.07) is 22.2. The normalized spacial score (nSPS) is 11.2. The first kappa shape index (κ1) is 21.3. The summed E-state index contributed by atoms with van der Waals surface area (Å²) >= 11 is 4.99. The van der Waals surface area contributed by atoms with Gasteiger partial charge in [-0.15, -0.1) is 0 Å². The van der Waals surface area contributed by atoms with E-state index in [0.717, 1.165) is 15.5 Å². The van der Waals surface area contributed by atoms with E-state index in [1.165, 1.54) is 0 Å². The van der Waals surface area contributed by atoms with Crippen molar-refractivity contribution >= 4 is 39.3 Å². The Balaban J connectivity index is 1.68. The maximum absolute atomic E-state index is 12.6. The van der Waals surface area contributed by atoms with Crippen molar-refractivity contribution in [1.82, 2.24) is 0 Å². The molecule has 3 aromatic rings. The van der Waals surface area contributed by atoms with Crippen molar-refractivity contribution in [2.45, 2.75) is 28.0 Å². The highest BCUT2D eigenvalue weighted by atomic mass is 79.9. The zero-order valence-electron chi connectivity index (χ0n) is 16.4. The molecule has 0 bridgehead atoms. The summed E-state index contributed by atoms with van der Waals surface area (Å²) in [6.45, 7) is 3.68. The Morgan fingerprint density at radius 3 is 1.59 bits per heavy atom. The highest BCUT2D eigenvalue weighted by molar-refractivity contribution is 9.10. The van der Waals surface area contributed by atoms with E-state index in [0.29, 0.717) is 16.7 Å². The van der Waals surface area contributed by atoms with Gasteiger partial charge >= 0.3 is 0 Å². The van der Waals surface area contributed by atoms with Crippen LogP contribution in [0.4, 0.5) is 0 Å². The predicted molar refractivity (Wildman–Crippen MR) is 121 cm³/mol. The number of carbonyl (C=O) groups excluding carboxylic acids is 2. The monoisotopic (exact) mass is 468 g/mol. The van der Waals surface area contributed by atoms with E-state index in [9.17, 15) is 9.59 Å². The third-order valence-corrected chi connectivity index (χ3v) is 5.74. The topological polar surface area (TPSA) is 43.4 Å². The Morgan fingerprint density at radius 2 is 1.17 bits per heavy atom. The molecule has 5 heteroatoms. The second-order valence-electron chi connectivity index (χ2n) is 7.01.